The summed E-state index contributed by atoms with van der Waals surface area (Å²) in [5.74, 6) is 1.54. The zero-order chi connectivity index (χ0) is 14.7. The lowest BCUT2D eigenvalue weighted by Crippen LogP contribution is -2.02. The second-order valence-electron chi connectivity index (χ2n) is 4.68. The van der Waals surface area contributed by atoms with Crippen LogP contribution in [0.4, 0.5) is 5.69 Å². The fourth-order valence-corrected chi connectivity index (χ4v) is 3.14. The lowest BCUT2D eigenvalue weighted by atomic mass is 10.1. The van der Waals surface area contributed by atoms with Crippen LogP contribution in [0, 0.1) is 0 Å². The van der Waals surface area contributed by atoms with Gasteiger partial charge in [-0.2, -0.15) is 0 Å². The summed E-state index contributed by atoms with van der Waals surface area (Å²) in [4.78, 5) is 0. The van der Waals surface area contributed by atoms with E-state index in [-0.39, 0.29) is 0 Å². The zero-order valence-corrected chi connectivity index (χ0v) is 12.9. The number of rotatable bonds is 5. The van der Waals surface area contributed by atoms with Crippen molar-refractivity contribution in [3.63, 3.8) is 0 Å². The molecule has 0 saturated heterocycles. The van der Waals surface area contributed by atoms with Crippen LogP contribution in [0.5, 0.6) is 11.5 Å². The standard InChI is InChI=1S/C17H17NO2S/c1-19-15-5-3-4-13(17(15)20-2)11-18-14-6-7-16-12(10-14)8-9-21-16/h3-10,18H,11H2,1-2H3. The van der Waals surface area contributed by atoms with Gasteiger partial charge in [0, 0.05) is 22.5 Å². The highest BCUT2D eigenvalue weighted by atomic mass is 32.1. The summed E-state index contributed by atoms with van der Waals surface area (Å²) in [6.45, 7) is 0.690. The molecule has 1 N–H and O–H groups in total. The number of hydrogen-bond donors (Lipinski definition) is 1. The van der Waals surface area contributed by atoms with E-state index in [1.807, 2.05) is 18.2 Å². The summed E-state index contributed by atoms with van der Waals surface area (Å²) in [6, 6.07) is 14.5. The van der Waals surface area contributed by atoms with Gasteiger partial charge in [-0.1, -0.05) is 12.1 Å². The van der Waals surface area contributed by atoms with Gasteiger partial charge < -0.3 is 14.8 Å². The number of methoxy groups -OCH3 is 2. The Labute approximate surface area is 128 Å². The van der Waals surface area contributed by atoms with Gasteiger partial charge in [-0.05, 0) is 41.1 Å². The third-order valence-electron chi connectivity index (χ3n) is 3.42. The molecule has 0 unspecified atom stereocenters. The Kier molecular flexibility index (Phi) is 3.97. The molecule has 21 heavy (non-hydrogen) atoms. The molecule has 0 fully saturated rings. The van der Waals surface area contributed by atoms with Crippen molar-refractivity contribution >= 4 is 27.1 Å². The minimum atomic E-state index is 0.690. The van der Waals surface area contributed by atoms with Crippen LogP contribution in [0.2, 0.25) is 0 Å². The van der Waals surface area contributed by atoms with Crippen molar-refractivity contribution in [1.82, 2.24) is 0 Å². The molecule has 0 atom stereocenters. The number of anilines is 1. The van der Waals surface area contributed by atoms with Gasteiger partial charge in [-0.15, -0.1) is 11.3 Å². The molecule has 0 aliphatic rings. The van der Waals surface area contributed by atoms with E-state index in [9.17, 15) is 0 Å². The zero-order valence-electron chi connectivity index (χ0n) is 12.1. The summed E-state index contributed by atoms with van der Waals surface area (Å²) in [5, 5.41) is 6.81. The van der Waals surface area contributed by atoms with Crippen LogP contribution >= 0.6 is 11.3 Å². The minimum absolute atomic E-state index is 0.690. The minimum Gasteiger partial charge on any atom is -0.493 e. The first kappa shape index (κ1) is 13.8. The molecule has 0 aliphatic heterocycles. The van der Waals surface area contributed by atoms with Crippen molar-refractivity contribution in [2.75, 3.05) is 19.5 Å². The van der Waals surface area contributed by atoms with E-state index in [1.54, 1.807) is 25.6 Å². The Morgan fingerprint density at radius 1 is 1.05 bits per heavy atom. The summed E-state index contributed by atoms with van der Waals surface area (Å²) in [6.07, 6.45) is 0. The predicted molar refractivity (Wildman–Crippen MR) is 88.7 cm³/mol. The highest BCUT2D eigenvalue weighted by molar-refractivity contribution is 7.17. The summed E-state index contributed by atoms with van der Waals surface area (Å²) < 4.78 is 12.1. The molecule has 0 saturated carbocycles. The number of fused-ring (bicyclic) bond motifs is 1. The van der Waals surface area contributed by atoms with Gasteiger partial charge in [0.1, 0.15) is 0 Å². The number of benzene rings is 2. The Morgan fingerprint density at radius 2 is 1.95 bits per heavy atom. The molecule has 1 heterocycles. The lowest BCUT2D eigenvalue weighted by Gasteiger charge is -2.13. The van der Waals surface area contributed by atoms with Crippen LogP contribution in [0.3, 0.4) is 0 Å². The molecule has 0 amide bonds. The van der Waals surface area contributed by atoms with Crippen molar-refractivity contribution in [2.24, 2.45) is 0 Å². The molecule has 2 aromatic carbocycles. The second-order valence-corrected chi connectivity index (χ2v) is 5.63. The van der Waals surface area contributed by atoms with Crippen LogP contribution in [0.1, 0.15) is 5.56 Å². The summed E-state index contributed by atoms with van der Waals surface area (Å²) >= 11 is 1.76. The SMILES string of the molecule is COc1cccc(CNc2ccc3sccc3c2)c1OC. The molecule has 0 spiro atoms. The first-order valence-corrected chi connectivity index (χ1v) is 7.61. The fourth-order valence-electron chi connectivity index (χ4n) is 2.37. The van der Waals surface area contributed by atoms with Gasteiger partial charge in [0.25, 0.3) is 0 Å². The normalized spacial score (nSPS) is 10.6. The van der Waals surface area contributed by atoms with Gasteiger partial charge in [0.05, 0.1) is 14.2 Å². The molecule has 0 aliphatic carbocycles. The number of thiophene rings is 1. The molecule has 1 aromatic heterocycles. The molecule has 0 radical (unpaired) electrons. The molecular formula is C17H17NO2S. The summed E-state index contributed by atoms with van der Waals surface area (Å²) in [5.41, 5.74) is 2.17. The number of ether oxygens (including phenoxy) is 2. The molecular weight excluding hydrogens is 282 g/mol. The summed E-state index contributed by atoms with van der Waals surface area (Å²) in [7, 11) is 3.32. The van der Waals surface area contributed by atoms with E-state index in [4.69, 9.17) is 9.47 Å². The van der Waals surface area contributed by atoms with Gasteiger partial charge in [-0.3, -0.25) is 0 Å². The average Bonchev–Trinajstić information content (AvgIpc) is 2.99. The largest absolute Gasteiger partial charge is 0.493 e. The topological polar surface area (TPSA) is 30.5 Å². The molecule has 0 bridgehead atoms. The maximum absolute atomic E-state index is 5.45. The van der Waals surface area contributed by atoms with E-state index in [2.05, 4.69) is 35.0 Å². The van der Waals surface area contributed by atoms with Crippen molar-refractivity contribution < 1.29 is 9.47 Å². The highest BCUT2D eigenvalue weighted by Gasteiger charge is 2.09. The lowest BCUT2D eigenvalue weighted by molar-refractivity contribution is 0.352. The third-order valence-corrected chi connectivity index (χ3v) is 4.32. The Hall–Kier alpha value is -2.20. The third kappa shape index (κ3) is 2.81. The van der Waals surface area contributed by atoms with E-state index in [0.717, 1.165) is 22.7 Å². The van der Waals surface area contributed by atoms with Crippen LogP contribution in [-0.2, 0) is 6.54 Å². The van der Waals surface area contributed by atoms with Crippen LogP contribution in [0.15, 0.2) is 47.8 Å². The fraction of sp³-hybridized carbons (Fsp3) is 0.176. The van der Waals surface area contributed by atoms with E-state index >= 15 is 0 Å². The Morgan fingerprint density at radius 3 is 2.76 bits per heavy atom. The smallest absolute Gasteiger partial charge is 0.165 e. The number of nitrogens with one attached hydrogen (secondary N) is 1. The highest BCUT2D eigenvalue weighted by Crippen LogP contribution is 2.31. The Bertz CT molecular complexity index is 751. The van der Waals surface area contributed by atoms with Crippen LogP contribution in [-0.4, -0.2) is 14.2 Å². The average molecular weight is 299 g/mol. The van der Waals surface area contributed by atoms with Crippen molar-refractivity contribution in [3.05, 3.63) is 53.4 Å². The van der Waals surface area contributed by atoms with E-state index < -0.39 is 0 Å². The number of hydrogen-bond acceptors (Lipinski definition) is 4. The van der Waals surface area contributed by atoms with Crippen molar-refractivity contribution in [1.29, 1.82) is 0 Å². The maximum Gasteiger partial charge on any atom is 0.165 e. The number of para-hydroxylation sites is 1. The van der Waals surface area contributed by atoms with Gasteiger partial charge in [0.2, 0.25) is 0 Å². The van der Waals surface area contributed by atoms with Gasteiger partial charge in [0.15, 0.2) is 11.5 Å². The van der Waals surface area contributed by atoms with Gasteiger partial charge in [-0.25, -0.2) is 0 Å². The predicted octanol–water partition coefficient (Wildman–Crippen LogP) is 4.53. The second kappa shape index (κ2) is 6.06. The quantitative estimate of drug-likeness (QED) is 0.751. The molecule has 3 nitrogen and oxygen atoms in total. The van der Waals surface area contributed by atoms with Crippen LogP contribution < -0.4 is 14.8 Å². The van der Waals surface area contributed by atoms with Crippen molar-refractivity contribution in [3.8, 4) is 11.5 Å². The molecule has 108 valence electrons. The molecule has 4 heteroatoms. The van der Waals surface area contributed by atoms with E-state index in [0.29, 0.717) is 6.54 Å². The van der Waals surface area contributed by atoms with Crippen LogP contribution in [0.25, 0.3) is 10.1 Å². The van der Waals surface area contributed by atoms with Gasteiger partial charge >= 0.3 is 0 Å². The molecule has 3 aromatic rings. The molecule has 3 rings (SSSR count). The first-order chi connectivity index (χ1) is 10.3. The Balaban J connectivity index is 1.80. The van der Waals surface area contributed by atoms with Crippen molar-refractivity contribution in [2.45, 2.75) is 6.54 Å². The first-order valence-electron chi connectivity index (χ1n) is 6.73. The van der Waals surface area contributed by atoms with E-state index in [1.165, 1.54) is 10.1 Å². The maximum atomic E-state index is 5.45. The monoisotopic (exact) mass is 299 g/mol.